The van der Waals surface area contributed by atoms with Crippen LogP contribution in [0.15, 0.2) is 18.2 Å². The monoisotopic (exact) mass is 320 g/mol. The summed E-state index contributed by atoms with van der Waals surface area (Å²) in [6.45, 7) is 6.42. The molecular weight excluding hydrogens is 296 g/mol. The summed E-state index contributed by atoms with van der Waals surface area (Å²) in [6.07, 6.45) is 0.879. The summed E-state index contributed by atoms with van der Waals surface area (Å²) in [7, 11) is 0. The first-order chi connectivity index (χ1) is 11.0. The highest BCUT2D eigenvalue weighted by Gasteiger charge is 2.32. The van der Waals surface area contributed by atoms with Gasteiger partial charge in [-0.05, 0) is 19.9 Å². The summed E-state index contributed by atoms with van der Waals surface area (Å²) in [5.74, 6) is 1.56. The van der Waals surface area contributed by atoms with E-state index < -0.39 is 0 Å². The number of amides is 2. The summed E-state index contributed by atoms with van der Waals surface area (Å²) >= 11 is 0. The molecule has 2 amide bonds. The number of nitrogens with one attached hydrogen (secondary N) is 4. The van der Waals surface area contributed by atoms with Crippen LogP contribution >= 0.6 is 0 Å². The van der Waals surface area contributed by atoms with Crippen LogP contribution in [-0.4, -0.2) is 43.9 Å². The highest BCUT2D eigenvalue weighted by atomic mass is 16.5. The molecule has 2 aliphatic heterocycles. The van der Waals surface area contributed by atoms with Crippen molar-refractivity contribution in [2.24, 2.45) is 0 Å². The van der Waals surface area contributed by atoms with Gasteiger partial charge in [-0.1, -0.05) is 12.1 Å². The van der Waals surface area contributed by atoms with Gasteiger partial charge in [0.2, 0.25) is 0 Å². The molecule has 0 atom stereocenters. The number of ether oxygens (including phenoxy) is 2. The number of benzene rings is 1. The molecule has 0 bridgehead atoms. The van der Waals surface area contributed by atoms with E-state index in [0.29, 0.717) is 13.2 Å². The molecule has 0 radical (unpaired) electrons. The molecule has 7 heteroatoms. The Hall–Kier alpha value is -1.99. The summed E-state index contributed by atoms with van der Waals surface area (Å²) in [6, 6.07) is 5.87. The molecule has 7 nitrogen and oxygen atoms in total. The fraction of sp³-hybridized carbons (Fsp3) is 0.562. The molecule has 1 aromatic carbocycles. The Morgan fingerprint density at radius 3 is 2.96 bits per heavy atom. The molecule has 4 N–H and O–H groups in total. The third-order valence-electron chi connectivity index (χ3n) is 3.86. The molecule has 23 heavy (non-hydrogen) atoms. The van der Waals surface area contributed by atoms with Gasteiger partial charge in [-0.15, -0.1) is 0 Å². The number of hydrogen-bond acceptors (Lipinski definition) is 5. The standard InChI is InChI=1S/C16H24N4O3/c1-16(2)8-11-4-3-5-13(14(11)23-16)22-7-6-17-15(21)20-12-9-18-19-10-12/h3-5,12,18-19H,6-10H2,1-2H3,(H2,17,20,21). The minimum absolute atomic E-state index is 0.115. The van der Waals surface area contributed by atoms with Gasteiger partial charge >= 0.3 is 6.03 Å². The predicted octanol–water partition coefficient (Wildman–Crippen LogP) is 0.555. The smallest absolute Gasteiger partial charge is 0.315 e. The molecule has 0 unspecified atom stereocenters. The number of carbonyl (C=O) groups is 1. The fourth-order valence-corrected chi connectivity index (χ4v) is 2.83. The van der Waals surface area contributed by atoms with Crippen LogP contribution in [0.25, 0.3) is 0 Å². The lowest BCUT2D eigenvalue weighted by molar-refractivity contribution is 0.132. The molecule has 0 spiro atoms. The van der Waals surface area contributed by atoms with Crippen molar-refractivity contribution in [3.05, 3.63) is 23.8 Å². The van der Waals surface area contributed by atoms with Crippen LogP contribution in [0.4, 0.5) is 4.79 Å². The minimum atomic E-state index is -0.191. The Bertz CT molecular complexity index is 570. The molecule has 0 aliphatic carbocycles. The minimum Gasteiger partial charge on any atom is -0.488 e. The van der Waals surface area contributed by atoms with Crippen molar-refractivity contribution in [1.82, 2.24) is 21.5 Å². The fourth-order valence-electron chi connectivity index (χ4n) is 2.83. The van der Waals surface area contributed by atoms with Crippen LogP contribution < -0.4 is 31.0 Å². The molecule has 126 valence electrons. The Kier molecular flexibility index (Phi) is 4.58. The van der Waals surface area contributed by atoms with Crippen LogP contribution in [-0.2, 0) is 6.42 Å². The zero-order valence-electron chi connectivity index (χ0n) is 13.6. The summed E-state index contributed by atoms with van der Waals surface area (Å²) in [4.78, 5) is 11.7. The first-order valence-electron chi connectivity index (χ1n) is 7.97. The van der Waals surface area contributed by atoms with Crippen LogP contribution in [0.3, 0.4) is 0 Å². The molecule has 1 aromatic rings. The zero-order valence-corrected chi connectivity index (χ0v) is 13.6. The predicted molar refractivity (Wildman–Crippen MR) is 86.7 cm³/mol. The number of fused-ring (bicyclic) bond motifs is 1. The van der Waals surface area contributed by atoms with Gasteiger partial charge in [-0.25, -0.2) is 4.79 Å². The molecule has 2 heterocycles. The molecule has 1 saturated heterocycles. The van der Waals surface area contributed by atoms with Gasteiger partial charge in [0.15, 0.2) is 11.5 Å². The lowest BCUT2D eigenvalue weighted by atomic mass is 10.0. The Labute approximate surface area is 136 Å². The zero-order chi connectivity index (χ0) is 16.3. The number of para-hydroxylation sites is 1. The second kappa shape index (κ2) is 6.64. The third-order valence-corrected chi connectivity index (χ3v) is 3.86. The summed E-state index contributed by atoms with van der Waals surface area (Å²) < 4.78 is 11.7. The first kappa shape index (κ1) is 15.9. The molecule has 0 saturated carbocycles. The van der Waals surface area contributed by atoms with E-state index in [0.717, 1.165) is 31.0 Å². The molecular formula is C16H24N4O3. The van der Waals surface area contributed by atoms with Crippen molar-refractivity contribution in [2.45, 2.75) is 31.9 Å². The maximum absolute atomic E-state index is 11.7. The van der Waals surface area contributed by atoms with Gasteiger partial charge in [-0.2, -0.15) is 0 Å². The highest BCUT2D eigenvalue weighted by Crippen LogP contribution is 2.41. The SMILES string of the molecule is CC1(C)Cc2cccc(OCCNC(=O)NC3CNNC3)c2O1. The van der Waals surface area contributed by atoms with E-state index in [-0.39, 0.29) is 17.7 Å². The number of hydrogen-bond donors (Lipinski definition) is 4. The normalized spacial score (nSPS) is 19.0. The van der Waals surface area contributed by atoms with E-state index in [2.05, 4.69) is 41.4 Å². The lowest BCUT2D eigenvalue weighted by Crippen LogP contribution is -2.45. The van der Waals surface area contributed by atoms with Crippen LogP contribution in [0, 0.1) is 0 Å². The van der Waals surface area contributed by atoms with Gasteiger partial charge < -0.3 is 20.1 Å². The Morgan fingerprint density at radius 2 is 2.17 bits per heavy atom. The lowest BCUT2D eigenvalue weighted by Gasteiger charge is -2.18. The number of urea groups is 1. The van der Waals surface area contributed by atoms with Crippen molar-refractivity contribution < 1.29 is 14.3 Å². The van der Waals surface area contributed by atoms with E-state index >= 15 is 0 Å². The number of carbonyl (C=O) groups excluding carboxylic acids is 1. The van der Waals surface area contributed by atoms with Crippen LogP contribution in [0.2, 0.25) is 0 Å². The Balaban J connectivity index is 1.43. The summed E-state index contributed by atoms with van der Waals surface area (Å²) in [5, 5.41) is 5.67. The average Bonchev–Trinajstić information content (AvgIpc) is 3.09. The van der Waals surface area contributed by atoms with E-state index in [4.69, 9.17) is 9.47 Å². The number of hydrazine groups is 1. The van der Waals surface area contributed by atoms with Gasteiger partial charge in [-0.3, -0.25) is 10.9 Å². The van der Waals surface area contributed by atoms with Crippen LogP contribution in [0.5, 0.6) is 11.5 Å². The van der Waals surface area contributed by atoms with Gasteiger partial charge in [0.1, 0.15) is 12.2 Å². The van der Waals surface area contributed by atoms with E-state index in [1.807, 2.05) is 12.1 Å². The number of rotatable bonds is 5. The quantitative estimate of drug-likeness (QED) is 0.596. The first-order valence-corrected chi connectivity index (χ1v) is 7.97. The second-order valence-electron chi connectivity index (χ2n) is 6.49. The molecule has 0 aromatic heterocycles. The van der Waals surface area contributed by atoms with Crippen molar-refractivity contribution in [3.8, 4) is 11.5 Å². The maximum Gasteiger partial charge on any atom is 0.315 e. The van der Waals surface area contributed by atoms with Crippen molar-refractivity contribution >= 4 is 6.03 Å². The van der Waals surface area contributed by atoms with Crippen molar-refractivity contribution in [3.63, 3.8) is 0 Å². The molecule has 2 aliphatic rings. The topological polar surface area (TPSA) is 83.7 Å². The third kappa shape index (κ3) is 4.05. The van der Waals surface area contributed by atoms with Gasteiger partial charge in [0, 0.05) is 25.1 Å². The maximum atomic E-state index is 11.7. The largest absolute Gasteiger partial charge is 0.488 e. The van der Waals surface area contributed by atoms with Gasteiger partial charge in [0.05, 0.1) is 12.6 Å². The second-order valence-corrected chi connectivity index (χ2v) is 6.49. The van der Waals surface area contributed by atoms with Crippen molar-refractivity contribution in [1.29, 1.82) is 0 Å². The Morgan fingerprint density at radius 1 is 1.39 bits per heavy atom. The van der Waals surface area contributed by atoms with E-state index in [1.54, 1.807) is 0 Å². The van der Waals surface area contributed by atoms with E-state index in [1.165, 1.54) is 5.56 Å². The van der Waals surface area contributed by atoms with Crippen LogP contribution in [0.1, 0.15) is 19.4 Å². The van der Waals surface area contributed by atoms with E-state index in [9.17, 15) is 4.79 Å². The van der Waals surface area contributed by atoms with Crippen molar-refractivity contribution in [2.75, 3.05) is 26.2 Å². The molecule has 1 fully saturated rings. The molecule has 3 rings (SSSR count). The van der Waals surface area contributed by atoms with Gasteiger partial charge in [0.25, 0.3) is 0 Å². The average molecular weight is 320 g/mol. The summed E-state index contributed by atoms with van der Waals surface area (Å²) in [5.41, 5.74) is 6.91. The highest BCUT2D eigenvalue weighted by molar-refractivity contribution is 5.74.